The number of amides is 2. The molecule has 2 aromatic heterocycles. The summed E-state index contributed by atoms with van der Waals surface area (Å²) in [5.74, 6) is 0.298. The molecule has 168 valence electrons. The number of pyridine rings is 2. The Bertz CT molecular complexity index is 1380. The van der Waals surface area contributed by atoms with Crippen LogP contribution in [-0.2, 0) is 13.1 Å². The molecule has 0 atom stereocenters. The van der Waals surface area contributed by atoms with Gasteiger partial charge >= 0.3 is 0 Å². The van der Waals surface area contributed by atoms with Gasteiger partial charge in [0.15, 0.2) is 5.75 Å². The molecule has 2 amide bonds. The summed E-state index contributed by atoms with van der Waals surface area (Å²) in [6.07, 6.45) is 4.83. The molecule has 0 fully saturated rings. The van der Waals surface area contributed by atoms with Gasteiger partial charge in [-0.2, -0.15) is 0 Å². The van der Waals surface area contributed by atoms with Crippen LogP contribution < -0.4 is 15.0 Å². The van der Waals surface area contributed by atoms with Crippen LogP contribution in [-0.4, -0.2) is 21.8 Å². The first kappa shape index (κ1) is 21.6. The quantitative estimate of drug-likeness (QED) is 0.453. The minimum atomic E-state index is -0.434. The van der Waals surface area contributed by atoms with E-state index < -0.39 is 11.8 Å². The minimum absolute atomic E-state index is 0.0384. The highest BCUT2D eigenvalue weighted by molar-refractivity contribution is 6.31. The Balaban J connectivity index is 1.50. The molecule has 0 saturated carbocycles. The smallest absolute Gasteiger partial charge is 0.278 e. The summed E-state index contributed by atoms with van der Waals surface area (Å²) in [4.78, 5) is 36.7. The molecule has 1 aliphatic rings. The van der Waals surface area contributed by atoms with Crippen LogP contribution in [0, 0.1) is 0 Å². The number of anilines is 1. The van der Waals surface area contributed by atoms with Crippen molar-refractivity contribution in [3.8, 4) is 11.5 Å². The second kappa shape index (κ2) is 9.33. The molecule has 0 bridgehead atoms. The van der Waals surface area contributed by atoms with Gasteiger partial charge in [-0.3, -0.25) is 24.5 Å². The molecule has 5 rings (SSSR count). The number of hydrogen-bond donors (Lipinski definition) is 1. The summed E-state index contributed by atoms with van der Waals surface area (Å²) < 4.78 is 6.08. The van der Waals surface area contributed by atoms with Gasteiger partial charge in [0, 0.05) is 35.7 Å². The Morgan fingerprint density at radius 1 is 1.00 bits per heavy atom. The average Bonchev–Trinajstić information content (AvgIpc) is 3.04. The number of nitrogens with zero attached hydrogens (tertiary/aromatic N) is 3. The standard InChI is InChI=1S/C26H19ClN4O3/c27-19-9-10-23-21(13-19)31(16-18-6-1-2-8-22(18)34-23)26(33)24-20(7-4-12-29-24)25(32)30-15-17-5-3-11-28-14-17/h1-14H,15-16H2,(H,30,32). The maximum absolute atomic E-state index is 13.8. The number of halogens is 1. The summed E-state index contributed by atoms with van der Waals surface area (Å²) in [6, 6.07) is 19.5. The van der Waals surface area contributed by atoms with Crippen LogP contribution in [0.5, 0.6) is 11.5 Å². The number of carbonyl (C=O) groups excluding carboxylic acids is 2. The molecule has 34 heavy (non-hydrogen) atoms. The first-order chi connectivity index (χ1) is 16.6. The Morgan fingerprint density at radius 3 is 2.71 bits per heavy atom. The van der Waals surface area contributed by atoms with Gasteiger partial charge in [-0.1, -0.05) is 35.9 Å². The minimum Gasteiger partial charge on any atom is -0.455 e. The van der Waals surface area contributed by atoms with Gasteiger partial charge in [-0.15, -0.1) is 0 Å². The van der Waals surface area contributed by atoms with Gasteiger partial charge in [0.05, 0.1) is 17.8 Å². The zero-order valence-corrected chi connectivity index (χ0v) is 18.7. The van der Waals surface area contributed by atoms with Gasteiger partial charge in [-0.05, 0) is 48.0 Å². The van der Waals surface area contributed by atoms with Crippen LogP contribution in [0.2, 0.25) is 5.02 Å². The van der Waals surface area contributed by atoms with Crippen molar-refractivity contribution >= 4 is 29.1 Å². The van der Waals surface area contributed by atoms with E-state index in [0.717, 1.165) is 11.1 Å². The lowest BCUT2D eigenvalue weighted by Gasteiger charge is -2.23. The lowest BCUT2D eigenvalue weighted by atomic mass is 10.1. The number of hydrogen-bond acceptors (Lipinski definition) is 5. The van der Waals surface area contributed by atoms with Gasteiger partial charge < -0.3 is 10.1 Å². The molecule has 0 spiro atoms. The second-order valence-corrected chi connectivity index (χ2v) is 8.09. The molecular formula is C26H19ClN4O3. The van der Waals surface area contributed by atoms with E-state index in [-0.39, 0.29) is 24.3 Å². The fraction of sp³-hybridized carbons (Fsp3) is 0.0769. The van der Waals surface area contributed by atoms with Gasteiger partial charge in [-0.25, -0.2) is 0 Å². The lowest BCUT2D eigenvalue weighted by molar-refractivity contribution is 0.0927. The molecule has 0 aliphatic carbocycles. The fourth-order valence-corrected chi connectivity index (χ4v) is 3.91. The lowest BCUT2D eigenvalue weighted by Crippen LogP contribution is -2.33. The third-order valence-corrected chi connectivity index (χ3v) is 5.64. The third-order valence-electron chi connectivity index (χ3n) is 5.41. The highest BCUT2D eigenvalue weighted by atomic mass is 35.5. The summed E-state index contributed by atoms with van der Waals surface area (Å²) in [5.41, 5.74) is 2.38. The van der Waals surface area contributed by atoms with Crippen molar-refractivity contribution in [3.05, 3.63) is 113 Å². The van der Waals surface area contributed by atoms with Crippen LogP contribution in [0.4, 0.5) is 5.69 Å². The van der Waals surface area contributed by atoms with E-state index in [4.69, 9.17) is 16.3 Å². The summed E-state index contributed by atoms with van der Waals surface area (Å²) in [6.45, 7) is 0.508. The van der Waals surface area contributed by atoms with Crippen LogP contribution in [0.15, 0.2) is 85.3 Å². The molecule has 3 heterocycles. The molecule has 0 radical (unpaired) electrons. The number of aromatic nitrogens is 2. The predicted molar refractivity (Wildman–Crippen MR) is 128 cm³/mol. The Hall–Kier alpha value is -4.23. The maximum Gasteiger partial charge on any atom is 0.278 e. The number of ether oxygens (including phenoxy) is 1. The average molecular weight is 471 g/mol. The van der Waals surface area contributed by atoms with Crippen molar-refractivity contribution in [3.63, 3.8) is 0 Å². The number of nitrogens with one attached hydrogen (secondary N) is 1. The van der Waals surface area contributed by atoms with E-state index in [0.29, 0.717) is 22.2 Å². The Labute approximate surface area is 201 Å². The maximum atomic E-state index is 13.8. The van der Waals surface area contributed by atoms with Crippen LogP contribution in [0.25, 0.3) is 0 Å². The Morgan fingerprint density at radius 2 is 1.85 bits per heavy atom. The predicted octanol–water partition coefficient (Wildman–Crippen LogP) is 5.01. The molecule has 1 aliphatic heterocycles. The highest BCUT2D eigenvalue weighted by Crippen LogP contribution is 2.40. The van der Waals surface area contributed by atoms with E-state index in [1.165, 1.54) is 11.1 Å². The van der Waals surface area contributed by atoms with Crippen molar-refractivity contribution in [1.29, 1.82) is 0 Å². The van der Waals surface area contributed by atoms with Crippen molar-refractivity contribution in [2.24, 2.45) is 0 Å². The zero-order chi connectivity index (χ0) is 23.5. The molecular weight excluding hydrogens is 452 g/mol. The van der Waals surface area contributed by atoms with E-state index >= 15 is 0 Å². The van der Waals surface area contributed by atoms with E-state index in [1.807, 2.05) is 30.3 Å². The van der Waals surface area contributed by atoms with Gasteiger partial charge in [0.25, 0.3) is 11.8 Å². The van der Waals surface area contributed by atoms with Crippen molar-refractivity contribution in [2.45, 2.75) is 13.1 Å². The zero-order valence-electron chi connectivity index (χ0n) is 17.9. The van der Waals surface area contributed by atoms with Crippen LogP contribution in [0.3, 0.4) is 0 Å². The number of fused-ring (bicyclic) bond motifs is 2. The van der Waals surface area contributed by atoms with Crippen molar-refractivity contribution < 1.29 is 14.3 Å². The van der Waals surface area contributed by atoms with E-state index in [1.54, 1.807) is 48.8 Å². The molecule has 0 saturated heterocycles. The van der Waals surface area contributed by atoms with Gasteiger partial charge in [0.2, 0.25) is 0 Å². The molecule has 1 N–H and O–H groups in total. The Kier molecular flexibility index (Phi) is 5.93. The molecule has 0 unspecified atom stereocenters. The highest BCUT2D eigenvalue weighted by Gasteiger charge is 2.29. The second-order valence-electron chi connectivity index (χ2n) is 7.66. The largest absolute Gasteiger partial charge is 0.455 e. The first-order valence-corrected chi connectivity index (χ1v) is 11.0. The van der Waals surface area contributed by atoms with E-state index in [9.17, 15) is 9.59 Å². The molecule has 8 heteroatoms. The topological polar surface area (TPSA) is 84.4 Å². The van der Waals surface area contributed by atoms with Gasteiger partial charge in [0.1, 0.15) is 11.4 Å². The SMILES string of the molecule is O=C(NCc1cccnc1)c1cccnc1C(=O)N1Cc2ccccc2Oc2ccc(Cl)cc21. The summed E-state index contributed by atoms with van der Waals surface area (Å²) in [5, 5.41) is 3.29. The summed E-state index contributed by atoms with van der Waals surface area (Å²) >= 11 is 6.26. The number of carbonyl (C=O) groups is 2. The van der Waals surface area contributed by atoms with Crippen LogP contribution in [0.1, 0.15) is 32.0 Å². The third kappa shape index (κ3) is 4.33. The normalized spacial score (nSPS) is 12.1. The van der Waals surface area contributed by atoms with Crippen molar-refractivity contribution in [2.75, 3.05) is 4.90 Å². The fourth-order valence-electron chi connectivity index (χ4n) is 3.74. The number of benzene rings is 2. The summed E-state index contributed by atoms with van der Waals surface area (Å²) in [7, 11) is 0. The first-order valence-electron chi connectivity index (χ1n) is 10.6. The van der Waals surface area contributed by atoms with E-state index in [2.05, 4.69) is 15.3 Å². The molecule has 7 nitrogen and oxygen atoms in total. The molecule has 4 aromatic rings. The van der Waals surface area contributed by atoms with Crippen LogP contribution >= 0.6 is 11.6 Å². The number of para-hydroxylation sites is 1. The molecule has 2 aromatic carbocycles. The number of rotatable bonds is 4. The van der Waals surface area contributed by atoms with Crippen molar-refractivity contribution in [1.82, 2.24) is 15.3 Å². The monoisotopic (exact) mass is 470 g/mol.